The third-order valence-electron chi connectivity index (χ3n) is 2.30. The van der Waals surface area contributed by atoms with Gasteiger partial charge in [-0.15, -0.1) is 0 Å². The molecule has 1 amide bonds. The molecule has 5 nitrogen and oxygen atoms in total. The Kier molecular flexibility index (Phi) is 3.93. The van der Waals surface area contributed by atoms with E-state index in [-0.39, 0.29) is 5.91 Å². The molecule has 0 aromatic carbocycles. The smallest absolute Gasteiger partial charge is 0.276 e. The van der Waals surface area contributed by atoms with Gasteiger partial charge in [0.2, 0.25) is 0 Å². The Hall–Kier alpha value is -1.52. The summed E-state index contributed by atoms with van der Waals surface area (Å²) in [6.07, 6.45) is 1.69. The van der Waals surface area contributed by atoms with Gasteiger partial charge < -0.3 is 10.6 Å². The lowest BCUT2D eigenvalue weighted by molar-refractivity contribution is 0.0773. The SMILES string of the molecule is CCn1cc(N)c(C(=O)N(C)CC(C)C)n1. The van der Waals surface area contributed by atoms with Crippen molar-refractivity contribution in [1.82, 2.24) is 14.7 Å². The highest BCUT2D eigenvalue weighted by Crippen LogP contribution is 2.12. The zero-order chi connectivity index (χ0) is 12.3. The lowest BCUT2D eigenvalue weighted by atomic mass is 10.2. The number of rotatable bonds is 4. The summed E-state index contributed by atoms with van der Waals surface area (Å²) in [6.45, 7) is 7.51. The second-order valence-corrected chi connectivity index (χ2v) is 4.37. The molecule has 16 heavy (non-hydrogen) atoms. The largest absolute Gasteiger partial charge is 0.396 e. The third kappa shape index (κ3) is 2.74. The van der Waals surface area contributed by atoms with Crippen molar-refractivity contribution in [2.45, 2.75) is 27.3 Å². The van der Waals surface area contributed by atoms with E-state index < -0.39 is 0 Å². The van der Waals surface area contributed by atoms with Crippen LogP contribution in [0.2, 0.25) is 0 Å². The Morgan fingerprint density at radius 1 is 1.62 bits per heavy atom. The molecule has 0 unspecified atom stereocenters. The van der Waals surface area contributed by atoms with Gasteiger partial charge in [0.15, 0.2) is 5.69 Å². The fraction of sp³-hybridized carbons (Fsp3) is 0.636. The van der Waals surface area contributed by atoms with Crippen LogP contribution < -0.4 is 5.73 Å². The van der Waals surface area contributed by atoms with Crippen molar-refractivity contribution in [3.05, 3.63) is 11.9 Å². The number of carbonyl (C=O) groups excluding carboxylic acids is 1. The Morgan fingerprint density at radius 2 is 2.25 bits per heavy atom. The Morgan fingerprint density at radius 3 is 2.69 bits per heavy atom. The molecule has 0 spiro atoms. The van der Waals surface area contributed by atoms with Crippen LogP contribution in [0.5, 0.6) is 0 Å². The first-order chi connectivity index (χ1) is 7.45. The molecule has 1 aromatic rings. The minimum Gasteiger partial charge on any atom is -0.396 e. The molecule has 0 aliphatic heterocycles. The molecule has 1 heterocycles. The highest BCUT2D eigenvalue weighted by atomic mass is 16.2. The first kappa shape index (κ1) is 12.5. The number of nitrogens with zero attached hydrogens (tertiary/aromatic N) is 3. The maximum absolute atomic E-state index is 12.0. The van der Waals surface area contributed by atoms with Gasteiger partial charge in [0.25, 0.3) is 5.91 Å². The van der Waals surface area contributed by atoms with Crippen LogP contribution in [-0.2, 0) is 6.54 Å². The molecule has 2 N–H and O–H groups in total. The van der Waals surface area contributed by atoms with Crippen molar-refractivity contribution in [3.8, 4) is 0 Å². The molecule has 1 aromatic heterocycles. The van der Waals surface area contributed by atoms with Crippen LogP contribution >= 0.6 is 0 Å². The summed E-state index contributed by atoms with van der Waals surface area (Å²) in [4.78, 5) is 13.7. The summed E-state index contributed by atoms with van der Waals surface area (Å²) in [6, 6.07) is 0. The van der Waals surface area contributed by atoms with E-state index in [1.165, 1.54) is 0 Å². The number of nitrogen functional groups attached to an aromatic ring is 1. The predicted molar refractivity (Wildman–Crippen MR) is 64.1 cm³/mol. The minimum absolute atomic E-state index is 0.113. The summed E-state index contributed by atoms with van der Waals surface area (Å²) in [7, 11) is 1.77. The minimum atomic E-state index is -0.113. The molecule has 0 saturated carbocycles. The number of anilines is 1. The van der Waals surface area contributed by atoms with Crippen LogP contribution in [0.3, 0.4) is 0 Å². The predicted octanol–water partition coefficient (Wildman–Crippen LogP) is 1.21. The molecule has 0 bridgehead atoms. The molecular weight excluding hydrogens is 204 g/mol. The van der Waals surface area contributed by atoms with E-state index in [4.69, 9.17) is 5.73 Å². The molecule has 5 heteroatoms. The first-order valence-electron chi connectivity index (χ1n) is 5.54. The van der Waals surface area contributed by atoms with E-state index in [0.717, 1.165) is 0 Å². The molecule has 1 rings (SSSR count). The van der Waals surface area contributed by atoms with Crippen LogP contribution in [0.25, 0.3) is 0 Å². The molecule has 0 fully saturated rings. The van der Waals surface area contributed by atoms with E-state index in [1.807, 2.05) is 6.92 Å². The number of aromatic nitrogens is 2. The lowest BCUT2D eigenvalue weighted by Gasteiger charge is -2.18. The molecule has 0 radical (unpaired) electrons. The quantitative estimate of drug-likeness (QED) is 0.836. The first-order valence-corrected chi connectivity index (χ1v) is 5.54. The van der Waals surface area contributed by atoms with Gasteiger partial charge >= 0.3 is 0 Å². The number of carbonyl (C=O) groups is 1. The summed E-state index contributed by atoms with van der Waals surface area (Å²) < 4.78 is 1.67. The maximum atomic E-state index is 12.0. The van der Waals surface area contributed by atoms with Crippen molar-refractivity contribution in [2.24, 2.45) is 5.92 Å². The average Bonchev–Trinajstić information content (AvgIpc) is 2.57. The average molecular weight is 224 g/mol. The fourth-order valence-corrected chi connectivity index (χ4v) is 1.58. The number of amides is 1. The second kappa shape index (κ2) is 5.01. The van der Waals surface area contributed by atoms with E-state index in [9.17, 15) is 4.79 Å². The number of hydrogen-bond donors (Lipinski definition) is 1. The van der Waals surface area contributed by atoms with E-state index >= 15 is 0 Å². The molecule has 0 aliphatic carbocycles. The zero-order valence-electron chi connectivity index (χ0n) is 10.4. The van der Waals surface area contributed by atoms with Crippen molar-refractivity contribution in [3.63, 3.8) is 0 Å². The van der Waals surface area contributed by atoms with Crippen LogP contribution in [0.4, 0.5) is 5.69 Å². The summed E-state index contributed by atoms with van der Waals surface area (Å²) >= 11 is 0. The van der Waals surface area contributed by atoms with Gasteiger partial charge in [-0.2, -0.15) is 5.10 Å². The van der Waals surface area contributed by atoms with Gasteiger partial charge in [0.1, 0.15) is 0 Å². The molecular formula is C11H20N4O. The summed E-state index contributed by atoms with van der Waals surface area (Å²) in [5.74, 6) is 0.321. The highest BCUT2D eigenvalue weighted by molar-refractivity contribution is 5.96. The third-order valence-corrected chi connectivity index (χ3v) is 2.30. The Labute approximate surface area is 96.2 Å². The zero-order valence-corrected chi connectivity index (χ0v) is 10.4. The Bertz CT molecular complexity index is 370. The van der Waals surface area contributed by atoms with Crippen molar-refractivity contribution in [1.29, 1.82) is 0 Å². The van der Waals surface area contributed by atoms with Gasteiger partial charge in [0.05, 0.1) is 5.69 Å². The monoisotopic (exact) mass is 224 g/mol. The van der Waals surface area contributed by atoms with E-state index in [0.29, 0.717) is 30.4 Å². The number of hydrogen-bond acceptors (Lipinski definition) is 3. The molecule has 0 atom stereocenters. The van der Waals surface area contributed by atoms with Crippen LogP contribution in [-0.4, -0.2) is 34.2 Å². The van der Waals surface area contributed by atoms with Crippen molar-refractivity contribution >= 4 is 11.6 Å². The van der Waals surface area contributed by atoms with Crippen molar-refractivity contribution < 1.29 is 4.79 Å². The number of aryl methyl sites for hydroxylation is 1. The van der Waals surface area contributed by atoms with Crippen LogP contribution in [0, 0.1) is 5.92 Å². The number of nitrogens with two attached hydrogens (primary N) is 1. The normalized spacial score (nSPS) is 10.8. The van der Waals surface area contributed by atoms with Gasteiger partial charge in [-0.25, -0.2) is 0 Å². The van der Waals surface area contributed by atoms with Gasteiger partial charge in [-0.1, -0.05) is 13.8 Å². The summed E-state index contributed by atoms with van der Waals surface area (Å²) in [5.41, 5.74) is 6.55. The van der Waals surface area contributed by atoms with E-state index in [1.54, 1.807) is 22.8 Å². The van der Waals surface area contributed by atoms with Crippen LogP contribution in [0.15, 0.2) is 6.20 Å². The maximum Gasteiger partial charge on any atom is 0.276 e. The van der Waals surface area contributed by atoms with Gasteiger partial charge in [0, 0.05) is 26.3 Å². The fourth-order valence-electron chi connectivity index (χ4n) is 1.58. The molecule has 0 aliphatic rings. The molecule has 0 saturated heterocycles. The summed E-state index contributed by atoms with van der Waals surface area (Å²) in [5, 5.41) is 4.16. The van der Waals surface area contributed by atoms with Crippen LogP contribution in [0.1, 0.15) is 31.3 Å². The second-order valence-electron chi connectivity index (χ2n) is 4.37. The standard InChI is InChI=1S/C11H20N4O/c1-5-15-7-9(12)10(13-15)11(16)14(4)6-8(2)3/h7-8H,5-6,12H2,1-4H3. The van der Waals surface area contributed by atoms with E-state index in [2.05, 4.69) is 18.9 Å². The van der Waals surface area contributed by atoms with Gasteiger partial charge in [-0.05, 0) is 12.8 Å². The lowest BCUT2D eigenvalue weighted by Crippen LogP contribution is -2.31. The van der Waals surface area contributed by atoms with Crippen molar-refractivity contribution in [2.75, 3.05) is 19.3 Å². The topological polar surface area (TPSA) is 64.2 Å². The molecule has 90 valence electrons. The van der Waals surface area contributed by atoms with Gasteiger partial charge in [-0.3, -0.25) is 9.48 Å². The highest BCUT2D eigenvalue weighted by Gasteiger charge is 2.19. The Balaban J connectivity index is 2.83.